The van der Waals surface area contributed by atoms with Crippen LogP contribution in [0.25, 0.3) is 12.2 Å². The van der Waals surface area contributed by atoms with E-state index in [1.54, 1.807) is 17.4 Å². The highest BCUT2D eigenvalue weighted by atomic mass is 32.1. The van der Waals surface area contributed by atoms with E-state index in [1.165, 1.54) is 0 Å². The van der Waals surface area contributed by atoms with Gasteiger partial charge in [-0.2, -0.15) is 0 Å². The van der Waals surface area contributed by atoms with Gasteiger partial charge in [0.05, 0.1) is 10.6 Å². The Morgan fingerprint density at radius 1 is 1.67 bits per heavy atom. The SMILES string of the molecule is C=Cc1nc(CN)sc1/C=C\C. The smallest absolute Gasteiger partial charge is 0.107 e. The summed E-state index contributed by atoms with van der Waals surface area (Å²) in [6.45, 7) is 6.17. The van der Waals surface area contributed by atoms with E-state index >= 15 is 0 Å². The highest BCUT2D eigenvalue weighted by Gasteiger charge is 2.03. The first-order valence-electron chi connectivity index (χ1n) is 3.76. The maximum Gasteiger partial charge on any atom is 0.107 e. The summed E-state index contributed by atoms with van der Waals surface area (Å²) in [5, 5.41) is 0.956. The molecule has 0 amide bonds. The maximum atomic E-state index is 5.47. The lowest BCUT2D eigenvalue weighted by Gasteiger charge is -1.84. The van der Waals surface area contributed by atoms with Crippen LogP contribution in [0.2, 0.25) is 0 Å². The number of allylic oxidation sites excluding steroid dienone is 1. The van der Waals surface area contributed by atoms with E-state index in [4.69, 9.17) is 5.73 Å². The van der Waals surface area contributed by atoms with Gasteiger partial charge in [0, 0.05) is 6.54 Å². The van der Waals surface area contributed by atoms with E-state index in [2.05, 4.69) is 11.6 Å². The first-order chi connectivity index (χ1) is 5.81. The second kappa shape index (κ2) is 4.18. The summed E-state index contributed by atoms with van der Waals surface area (Å²) < 4.78 is 0. The van der Waals surface area contributed by atoms with Gasteiger partial charge in [0.2, 0.25) is 0 Å². The second-order valence-electron chi connectivity index (χ2n) is 2.27. The van der Waals surface area contributed by atoms with E-state index in [1.807, 2.05) is 19.1 Å². The van der Waals surface area contributed by atoms with Crippen molar-refractivity contribution in [2.75, 3.05) is 0 Å². The summed E-state index contributed by atoms with van der Waals surface area (Å²) in [7, 11) is 0. The van der Waals surface area contributed by atoms with Crippen LogP contribution in [-0.4, -0.2) is 4.98 Å². The van der Waals surface area contributed by atoms with E-state index in [0.717, 1.165) is 15.6 Å². The second-order valence-corrected chi connectivity index (χ2v) is 3.38. The Morgan fingerprint density at radius 2 is 2.42 bits per heavy atom. The summed E-state index contributed by atoms with van der Waals surface area (Å²) in [5.41, 5.74) is 6.40. The summed E-state index contributed by atoms with van der Waals surface area (Å²) in [6, 6.07) is 0. The van der Waals surface area contributed by atoms with Gasteiger partial charge in [-0.25, -0.2) is 4.98 Å². The number of hydrogen-bond donors (Lipinski definition) is 1. The molecule has 0 aliphatic heterocycles. The summed E-state index contributed by atoms with van der Waals surface area (Å²) >= 11 is 1.61. The van der Waals surface area contributed by atoms with Crippen molar-refractivity contribution in [2.24, 2.45) is 5.73 Å². The standard InChI is InChI=1S/C9H12N2S/c1-3-5-8-7(4-2)11-9(6-10)12-8/h3-5H,2,6,10H2,1H3/b5-3-. The molecule has 0 fully saturated rings. The Balaban J connectivity index is 3.07. The summed E-state index contributed by atoms with van der Waals surface area (Å²) in [6.07, 6.45) is 5.76. The van der Waals surface area contributed by atoms with Gasteiger partial charge in [0.25, 0.3) is 0 Å². The number of nitrogens with zero attached hydrogens (tertiary/aromatic N) is 1. The molecule has 0 saturated heterocycles. The highest BCUT2D eigenvalue weighted by Crippen LogP contribution is 2.20. The Hall–Kier alpha value is -0.930. The minimum atomic E-state index is 0.503. The van der Waals surface area contributed by atoms with Gasteiger partial charge < -0.3 is 5.73 Å². The number of rotatable bonds is 3. The molecule has 0 radical (unpaired) electrons. The van der Waals surface area contributed by atoms with Crippen LogP contribution in [0.3, 0.4) is 0 Å². The number of aromatic nitrogens is 1. The lowest BCUT2D eigenvalue weighted by Crippen LogP contribution is -1.94. The van der Waals surface area contributed by atoms with Crippen LogP contribution in [0.15, 0.2) is 12.7 Å². The van der Waals surface area contributed by atoms with Gasteiger partial charge >= 0.3 is 0 Å². The van der Waals surface area contributed by atoms with Crippen LogP contribution in [-0.2, 0) is 6.54 Å². The van der Waals surface area contributed by atoms with Gasteiger partial charge in [0.15, 0.2) is 0 Å². The summed E-state index contributed by atoms with van der Waals surface area (Å²) in [4.78, 5) is 5.42. The van der Waals surface area contributed by atoms with Crippen molar-refractivity contribution in [3.8, 4) is 0 Å². The zero-order valence-electron chi connectivity index (χ0n) is 7.08. The molecule has 0 aliphatic rings. The molecule has 2 N–H and O–H groups in total. The monoisotopic (exact) mass is 180 g/mol. The third-order valence-electron chi connectivity index (χ3n) is 1.41. The molecule has 3 heteroatoms. The van der Waals surface area contributed by atoms with E-state index in [0.29, 0.717) is 6.54 Å². The number of nitrogens with two attached hydrogens (primary N) is 1. The maximum absolute atomic E-state index is 5.47. The molecule has 12 heavy (non-hydrogen) atoms. The van der Waals surface area contributed by atoms with Crippen LogP contribution >= 0.6 is 11.3 Å². The molecule has 0 bridgehead atoms. The van der Waals surface area contributed by atoms with E-state index < -0.39 is 0 Å². The molecule has 1 heterocycles. The van der Waals surface area contributed by atoms with Crippen molar-refractivity contribution in [1.29, 1.82) is 0 Å². The zero-order valence-corrected chi connectivity index (χ0v) is 7.90. The third kappa shape index (κ3) is 1.81. The third-order valence-corrected chi connectivity index (χ3v) is 2.47. The lowest BCUT2D eigenvalue weighted by atomic mass is 10.3. The van der Waals surface area contributed by atoms with Crippen molar-refractivity contribution < 1.29 is 0 Å². The molecule has 64 valence electrons. The molecule has 0 saturated carbocycles. The molecular weight excluding hydrogens is 168 g/mol. The highest BCUT2D eigenvalue weighted by molar-refractivity contribution is 7.12. The quantitative estimate of drug-likeness (QED) is 0.775. The Labute approximate surface area is 76.4 Å². The van der Waals surface area contributed by atoms with E-state index in [9.17, 15) is 0 Å². The lowest BCUT2D eigenvalue weighted by molar-refractivity contribution is 1.03. The van der Waals surface area contributed by atoms with Crippen molar-refractivity contribution in [3.63, 3.8) is 0 Å². The van der Waals surface area contributed by atoms with Gasteiger partial charge in [-0.1, -0.05) is 12.7 Å². The topological polar surface area (TPSA) is 38.9 Å². The molecular formula is C9H12N2S. The van der Waals surface area contributed by atoms with Gasteiger partial charge in [0.1, 0.15) is 5.01 Å². The number of hydrogen-bond acceptors (Lipinski definition) is 3. The first kappa shape index (κ1) is 9.16. The molecule has 0 aliphatic carbocycles. The molecule has 1 rings (SSSR count). The molecule has 0 unspecified atom stereocenters. The van der Waals surface area contributed by atoms with Crippen LogP contribution in [0.5, 0.6) is 0 Å². The Morgan fingerprint density at radius 3 is 2.92 bits per heavy atom. The minimum absolute atomic E-state index is 0.503. The van der Waals surface area contributed by atoms with Crippen LogP contribution in [0.1, 0.15) is 22.5 Å². The molecule has 0 aromatic carbocycles. The fraction of sp³-hybridized carbons (Fsp3) is 0.222. The number of thiazole rings is 1. The van der Waals surface area contributed by atoms with Crippen LogP contribution in [0, 0.1) is 0 Å². The Kier molecular flexibility index (Phi) is 3.19. The molecule has 1 aromatic rings. The van der Waals surface area contributed by atoms with E-state index in [-0.39, 0.29) is 0 Å². The van der Waals surface area contributed by atoms with Crippen molar-refractivity contribution in [3.05, 3.63) is 28.2 Å². The van der Waals surface area contributed by atoms with Gasteiger partial charge in [-0.15, -0.1) is 11.3 Å². The van der Waals surface area contributed by atoms with Crippen molar-refractivity contribution in [1.82, 2.24) is 4.98 Å². The molecule has 0 spiro atoms. The molecule has 0 atom stereocenters. The fourth-order valence-electron chi connectivity index (χ4n) is 0.896. The minimum Gasteiger partial charge on any atom is -0.325 e. The van der Waals surface area contributed by atoms with Gasteiger partial charge in [-0.05, 0) is 19.1 Å². The van der Waals surface area contributed by atoms with Crippen LogP contribution < -0.4 is 5.73 Å². The van der Waals surface area contributed by atoms with Crippen molar-refractivity contribution in [2.45, 2.75) is 13.5 Å². The average Bonchev–Trinajstić information content (AvgIpc) is 2.48. The van der Waals surface area contributed by atoms with Crippen molar-refractivity contribution >= 4 is 23.5 Å². The molecule has 1 aromatic heterocycles. The predicted molar refractivity (Wildman–Crippen MR) is 54.8 cm³/mol. The normalized spacial score (nSPS) is 10.8. The molecule has 2 nitrogen and oxygen atoms in total. The fourth-order valence-corrected chi connectivity index (χ4v) is 1.81. The Bertz CT molecular complexity index is 299. The largest absolute Gasteiger partial charge is 0.325 e. The van der Waals surface area contributed by atoms with Gasteiger partial charge in [-0.3, -0.25) is 0 Å². The average molecular weight is 180 g/mol. The zero-order chi connectivity index (χ0) is 8.97. The predicted octanol–water partition coefficient (Wildman–Crippen LogP) is 2.28. The summed E-state index contributed by atoms with van der Waals surface area (Å²) in [5.74, 6) is 0. The first-order valence-corrected chi connectivity index (χ1v) is 4.58. The van der Waals surface area contributed by atoms with Crippen LogP contribution in [0.4, 0.5) is 0 Å².